The molecule has 1 aliphatic heterocycles. The van der Waals surface area contributed by atoms with Crippen LogP contribution >= 0.6 is 11.8 Å². The van der Waals surface area contributed by atoms with Crippen molar-refractivity contribution in [2.75, 3.05) is 32.0 Å². The van der Waals surface area contributed by atoms with E-state index in [0.717, 1.165) is 33.7 Å². The normalized spacial score (nSPS) is 15.8. The first kappa shape index (κ1) is 21.2. The Balaban J connectivity index is 1.62. The molecule has 7 nitrogen and oxygen atoms in total. The predicted octanol–water partition coefficient (Wildman–Crippen LogP) is 5.03. The van der Waals surface area contributed by atoms with Crippen molar-refractivity contribution >= 4 is 34.4 Å². The number of anilines is 1. The van der Waals surface area contributed by atoms with Crippen molar-refractivity contribution in [2.45, 2.75) is 5.37 Å². The number of thioether (sulfide) groups is 1. The molecule has 4 aromatic rings. The molecule has 33 heavy (non-hydrogen) atoms. The third-order valence-corrected chi connectivity index (χ3v) is 6.86. The number of H-pyrrole nitrogens is 1. The maximum Gasteiger partial charge on any atom is 0.238 e. The monoisotopic (exact) mass is 461 g/mol. The second kappa shape index (κ2) is 8.71. The van der Waals surface area contributed by atoms with Gasteiger partial charge in [-0.3, -0.25) is 9.69 Å². The lowest BCUT2D eigenvalue weighted by Crippen LogP contribution is -2.28. The van der Waals surface area contributed by atoms with Gasteiger partial charge in [-0.2, -0.15) is 0 Å². The molecular weight excluding hydrogens is 438 g/mol. The summed E-state index contributed by atoms with van der Waals surface area (Å²) in [6, 6.07) is 19.5. The van der Waals surface area contributed by atoms with Crippen LogP contribution in [0, 0.1) is 0 Å². The molecule has 1 aliphatic rings. The quantitative estimate of drug-likeness (QED) is 0.434. The molecular formula is C25H23N3O4S. The third kappa shape index (κ3) is 3.66. The Labute approximate surface area is 195 Å². The van der Waals surface area contributed by atoms with Crippen LogP contribution in [-0.4, -0.2) is 43.0 Å². The van der Waals surface area contributed by atoms with E-state index in [4.69, 9.17) is 19.2 Å². The van der Waals surface area contributed by atoms with Gasteiger partial charge in [-0.25, -0.2) is 4.98 Å². The van der Waals surface area contributed by atoms with Crippen molar-refractivity contribution in [1.29, 1.82) is 0 Å². The molecule has 0 saturated carbocycles. The predicted molar refractivity (Wildman–Crippen MR) is 130 cm³/mol. The lowest BCUT2D eigenvalue weighted by molar-refractivity contribution is -0.115. The standard InChI is InChI=1S/C25H23N3O4S/c1-30-20-12-15(13-21(31-2)23(20)32-3)25-28(22(29)14-33-25)19-11-7-4-8-16(19)24-26-17-9-5-6-10-18(17)27-24/h4-13,25H,14H2,1-3H3,(H,26,27). The van der Waals surface area contributed by atoms with E-state index in [1.165, 1.54) is 0 Å². The number of aromatic amines is 1. The topological polar surface area (TPSA) is 76.7 Å². The highest BCUT2D eigenvalue weighted by Gasteiger charge is 2.36. The van der Waals surface area contributed by atoms with Crippen LogP contribution in [-0.2, 0) is 4.79 Å². The Kier molecular flexibility index (Phi) is 5.60. The summed E-state index contributed by atoms with van der Waals surface area (Å²) in [4.78, 5) is 23.1. The minimum absolute atomic E-state index is 0.0299. The van der Waals surface area contributed by atoms with Crippen LogP contribution in [0.15, 0.2) is 60.7 Å². The van der Waals surface area contributed by atoms with Gasteiger partial charge in [0.2, 0.25) is 11.7 Å². The first-order valence-electron chi connectivity index (χ1n) is 10.4. The molecule has 1 aromatic heterocycles. The summed E-state index contributed by atoms with van der Waals surface area (Å²) in [6.07, 6.45) is 0. The van der Waals surface area contributed by atoms with Gasteiger partial charge in [0.05, 0.1) is 43.8 Å². The summed E-state index contributed by atoms with van der Waals surface area (Å²) >= 11 is 1.56. The van der Waals surface area contributed by atoms with Crippen LogP contribution in [0.3, 0.4) is 0 Å². The Morgan fingerprint density at radius 3 is 2.36 bits per heavy atom. The second-order valence-electron chi connectivity index (χ2n) is 7.51. The maximum absolute atomic E-state index is 13.1. The molecule has 0 radical (unpaired) electrons. The largest absolute Gasteiger partial charge is 0.493 e. The number of carbonyl (C=O) groups is 1. The van der Waals surface area contributed by atoms with E-state index >= 15 is 0 Å². The number of rotatable bonds is 6. The Hall–Kier alpha value is -3.65. The highest BCUT2D eigenvalue weighted by Crippen LogP contribution is 2.48. The number of nitrogens with zero attached hydrogens (tertiary/aromatic N) is 2. The van der Waals surface area contributed by atoms with Crippen LogP contribution in [0.4, 0.5) is 5.69 Å². The number of methoxy groups -OCH3 is 3. The van der Waals surface area contributed by atoms with E-state index in [1.807, 2.05) is 65.6 Å². The zero-order valence-electron chi connectivity index (χ0n) is 18.5. The van der Waals surface area contributed by atoms with Crippen molar-refractivity contribution in [2.24, 2.45) is 0 Å². The van der Waals surface area contributed by atoms with E-state index in [9.17, 15) is 4.79 Å². The molecule has 1 unspecified atom stereocenters. The zero-order chi connectivity index (χ0) is 22.9. The number of benzene rings is 3. The number of ether oxygens (including phenoxy) is 3. The number of nitrogens with one attached hydrogen (secondary N) is 1. The SMILES string of the molecule is COc1cc(C2SCC(=O)N2c2ccccc2-c2nc3ccccc3[nH]2)cc(OC)c1OC. The molecule has 1 saturated heterocycles. The molecule has 2 heterocycles. The molecule has 0 aliphatic carbocycles. The highest BCUT2D eigenvalue weighted by atomic mass is 32.2. The number of amides is 1. The second-order valence-corrected chi connectivity index (χ2v) is 8.57. The minimum atomic E-state index is -0.253. The van der Waals surface area contributed by atoms with Gasteiger partial charge < -0.3 is 19.2 Å². The number of hydrogen-bond acceptors (Lipinski definition) is 6. The van der Waals surface area contributed by atoms with Crippen LogP contribution < -0.4 is 19.1 Å². The van der Waals surface area contributed by atoms with Gasteiger partial charge >= 0.3 is 0 Å². The fourth-order valence-corrected chi connectivity index (χ4v) is 5.29. The lowest BCUT2D eigenvalue weighted by Gasteiger charge is -2.27. The Morgan fingerprint density at radius 1 is 0.970 bits per heavy atom. The first-order valence-corrected chi connectivity index (χ1v) is 11.5. The average molecular weight is 462 g/mol. The highest BCUT2D eigenvalue weighted by molar-refractivity contribution is 8.00. The van der Waals surface area contributed by atoms with Gasteiger partial charge in [0.1, 0.15) is 11.2 Å². The van der Waals surface area contributed by atoms with Gasteiger partial charge in [0.25, 0.3) is 0 Å². The number of fused-ring (bicyclic) bond motifs is 1. The van der Waals surface area contributed by atoms with E-state index < -0.39 is 0 Å². The van der Waals surface area contributed by atoms with Crippen molar-refractivity contribution < 1.29 is 19.0 Å². The first-order chi connectivity index (χ1) is 16.1. The molecule has 0 spiro atoms. The van der Waals surface area contributed by atoms with E-state index in [0.29, 0.717) is 23.0 Å². The van der Waals surface area contributed by atoms with Crippen LogP contribution in [0.5, 0.6) is 17.2 Å². The molecule has 3 aromatic carbocycles. The molecule has 5 rings (SSSR count). The van der Waals surface area contributed by atoms with E-state index in [2.05, 4.69) is 4.98 Å². The summed E-state index contributed by atoms with van der Waals surface area (Å²) in [7, 11) is 4.75. The molecule has 1 amide bonds. The van der Waals surface area contributed by atoms with E-state index in [-0.39, 0.29) is 11.3 Å². The van der Waals surface area contributed by atoms with Crippen LogP contribution in [0.1, 0.15) is 10.9 Å². The number of para-hydroxylation sites is 3. The lowest BCUT2D eigenvalue weighted by atomic mass is 10.1. The summed E-state index contributed by atoms with van der Waals surface area (Å²) in [5, 5.41) is -0.253. The van der Waals surface area contributed by atoms with Gasteiger partial charge in [-0.15, -0.1) is 11.8 Å². The molecule has 0 bridgehead atoms. The van der Waals surface area contributed by atoms with E-state index in [1.54, 1.807) is 33.1 Å². The Bertz CT molecular complexity index is 1280. The number of imidazole rings is 1. The summed E-state index contributed by atoms with van der Waals surface area (Å²) in [5.41, 5.74) is 4.38. The Morgan fingerprint density at radius 2 is 1.67 bits per heavy atom. The summed E-state index contributed by atoms with van der Waals surface area (Å²) in [5.74, 6) is 2.75. The molecule has 1 N–H and O–H groups in total. The maximum atomic E-state index is 13.1. The van der Waals surface area contributed by atoms with Gasteiger partial charge in [-0.1, -0.05) is 24.3 Å². The number of aromatic nitrogens is 2. The molecule has 8 heteroatoms. The number of carbonyl (C=O) groups excluding carboxylic acids is 1. The fraction of sp³-hybridized carbons (Fsp3) is 0.200. The summed E-state index contributed by atoms with van der Waals surface area (Å²) in [6.45, 7) is 0. The van der Waals surface area contributed by atoms with Gasteiger partial charge in [0, 0.05) is 5.56 Å². The van der Waals surface area contributed by atoms with Crippen molar-refractivity contribution in [3.8, 4) is 28.6 Å². The molecule has 1 fully saturated rings. The van der Waals surface area contributed by atoms with Crippen molar-refractivity contribution in [1.82, 2.24) is 9.97 Å². The van der Waals surface area contributed by atoms with Crippen LogP contribution in [0.25, 0.3) is 22.4 Å². The van der Waals surface area contributed by atoms with Crippen molar-refractivity contribution in [3.63, 3.8) is 0 Å². The fourth-order valence-electron chi connectivity index (χ4n) is 4.14. The van der Waals surface area contributed by atoms with Gasteiger partial charge in [0.15, 0.2) is 11.5 Å². The van der Waals surface area contributed by atoms with Crippen molar-refractivity contribution in [3.05, 3.63) is 66.2 Å². The third-order valence-electron chi connectivity index (χ3n) is 5.65. The minimum Gasteiger partial charge on any atom is -0.493 e. The number of hydrogen-bond donors (Lipinski definition) is 1. The summed E-state index contributed by atoms with van der Waals surface area (Å²) < 4.78 is 16.5. The van der Waals surface area contributed by atoms with Gasteiger partial charge in [-0.05, 0) is 42.0 Å². The smallest absolute Gasteiger partial charge is 0.238 e. The molecule has 1 atom stereocenters. The average Bonchev–Trinajstić information content (AvgIpc) is 3.46. The van der Waals surface area contributed by atoms with Crippen LogP contribution in [0.2, 0.25) is 0 Å². The zero-order valence-corrected chi connectivity index (χ0v) is 19.3. The molecule has 168 valence electrons.